The summed E-state index contributed by atoms with van der Waals surface area (Å²) in [6.07, 6.45) is -0.921. The van der Waals surface area contributed by atoms with Gasteiger partial charge in [-0.3, -0.25) is 9.69 Å². The third-order valence-electron chi connectivity index (χ3n) is 4.23. The molecule has 1 amide bonds. The van der Waals surface area contributed by atoms with E-state index < -0.39 is 24.7 Å². The maximum atomic E-state index is 13.2. The number of imidazole rings is 1. The van der Waals surface area contributed by atoms with Crippen molar-refractivity contribution in [3.05, 3.63) is 17.7 Å². The Kier molecular flexibility index (Phi) is 7.98. The van der Waals surface area contributed by atoms with E-state index in [1.807, 2.05) is 0 Å². The average molecular weight is 404 g/mol. The van der Waals surface area contributed by atoms with Gasteiger partial charge in [-0.1, -0.05) is 0 Å². The fraction of sp³-hybridized carbons (Fsp3) is 0.714. The number of H-pyrrole nitrogens is 1. The van der Waals surface area contributed by atoms with Crippen LogP contribution in [0.25, 0.3) is 0 Å². The molecule has 2 aliphatic rings. The zero-order valence-corrected chi connectivity index (χ0v) is 15.1. The fourth-order valence-corrected chi connectivity index (χ4v) is 2.75. The molecule has 11 heteroatoms. The van der Waals surface area contributed by atoms with Crippen LogP contribution in [-0.4, -0.2) is 65.7 Å². The minimum atomic E-state index is -4.38. The molecule has 2 fully saturated rings. The minimum absolute atomic E-state index is 0. The number of alkyl halides is 3. The van der Waals surface area contributed by atoms with Crippen molar-refractivity contribution in [1.29, 1.82) is 0 Å². The summed E-state index contributed by atoms with van der Waals surface area (Å²) in [6, 6.07) is -1.67. The van der Waals surface area contributed by atoms with Gasteiger partial charge in [0.2, 0.25) is 0 Å². The third-order valence-corrected chi connectivity index (χ3v) is 4.23. The topological polar surface area (TPSA) is 73.1 Å². The quantitative estimate of drug-likeness (QED) is 0.699. The Morgan fingerprint density at radius 1 is 1.32 bits per heavy atom. The monoisotopic (exact) mass is 403 g/mol. The third kappa shape index (κ3) is 5.73. The number of amides is 1. The van der Waals surface area contributed by atoms with E-state index in [0.29, 0.717) is 32.1 Å². The van der Waals surface area contributed by atoms with E-state index in [0.717, 1.165) is 18.7 Å². The van der Waals surface area contributed by atoms with Gasteiger partial charge < -0.3 is 15.6 Å². The predicted molar refractivity (Wildman–Crippen MR) is 91.7 cm³/mol. The van der Waals surface area contributed by atoms with E-state index in [2.05, 4.69) is 20.6 Å². The van der Waals surface area contributed by atoms with Gasteiger partial charge in [0.15, 0.2) is 0 Å². The molecule has 3 N–H and O–H groups in total. The number of hydrogen-bond acceptors (Lipinski definition) is 4. The SMILES string of the molecule is Cl.Cl.O=C(NCC(N1CCNCC1)C(F)(F)F)c1cnc(C2CC2)[nH]1. The molecule has 1 atom stereocenters. The van der Waals surface area contributed by atoms with E-state index in [1.165, 1.54) is 11.1 Å². The van der Waals surface area contributed by atoms with Gasteiger partial charge in [-0.15, -0.1) is 24.8 Å². The molecular weight excluding hydrogens is 382 g/mol. The normalized spacial score (nSPS) is 19.5. The number of aromatic amines is 1. The van der Waals surface area contributed by atoms with Crippen molar-refractivity contribution < 1.29 is 18.0 Å². The van der Waals surface area contributed by atoms with Gasteiger partial charge in [0, 0.05) is 38.6 Å². The summed E-state index contributed by atoms with van der Waals surface area (Å²) in [7, 11) is 0. The van der Waals surface area contributed by atoms with Gasteiger partial charge in [-0.25, -0.2) is 4.98 Å². The summed E-state index contributed by atoms with van der Waals surface area (Å²) in [5.74, 6) is 0.554. The van der Waals surface area contributed by atoms with Crippen molar-refractivity contribution in [2.45, 2.75) is 31.0 Å². The smallest absolute Gasteiger partial charge is 0.349 e. The van der Waals surface area contributed by atoms with Crippen molar-refractivity contribution in [3.8, 4) is 0 Å². The summed E-state index contributed by atoms with van der Waals surface area (Å²) >= 11 is 0. The Morgan fingerprint density at radius 2 is 1.96 bits per heavy atom. The van der Waals surface area contributed by atoms with Gasteiger partial charge in [0.25, 0.3) is 5.91 Å². The van der Waals surface area contributed by atoms with E-state index in [-0.39, 0.29) is 30.5 Å². The zero-order chi connectivity index (χ0) is 16.4. The molecule has 1 saturated heterocycles. The summed E-state index contributed by atoms with van der Waals surface area (Å²) < 4.78 is 39.7. The summed E-state index contributed by atoms with van der Waals surface area (Å²) in [5, 5.41) is 5.40. The molecule has 1 saturated carbocycles. The van der Waals surface area contributed by atoms with Crippen LogP contribution < -0.4 is 10.6 Å². The van der Waals surface area contributed by atoms with Crippen LogP contribution in [0.3, 0.4) is 0 Å². The molecule has 1 aliphatic heterocycles. The molecule has 0 spiro atoms. The van der Waals surface area contributed by atoms with Crippen LogP contribution in [0, 0.1) is 0 Å². The number of nitrogens with one attached hydrogen (secondary N) is 3. The van der Waals surface area contributed by atoms with Gasteiger partial charge in [-0.05, 0) is 12.8 Å². The van der Waals surface area contributed by atoms with E-state index in [1.54, 1.807) is 0 Å². The van der Waals surface area contributed by atoms with Crippen molar-refractivity contribution >= 4 is 30.7 Å². The maximum Gasteiger partial charge on any atom is 0.405 e. The molecular formula is C14H22Cl2F3N5O. The summed E-state index contributed by atoms with van der Waals surface area (Å²) in [6.45, 7) is 1.21. The highest BCUT2D eigenvalue weighted by molar-refractivity contribution is 5.92. The Balaban J connectivity index is 0.00000156. The number of piperazine rings is 1. The lowest BCUT2D eigenvalue weighted by molar-refractivity contribution is -0.183. The molecule has 0 aromatic carbocycles. The van der Waals surface area contributed by atoms with E-state index >= 15 is 0 Å². The number of rotatable bonds is 5. The van der Waals surface area contributed by atoms with Crippen LogP contribution in [0.5, 0.6) is 0 Å². The van der Waals surface area contributed by atoms with Gasteiger partial charge in [0.05, 0.1) is 6.20 Å². The minimum Gasteiger partial charge on any atom is -0.349 e. The molecule has 1 aliphatic carbocycles. The Bertz CT molecular complexity index is 559. The lowest BCUT2D eigenvalue weighted by atomic mass is 10.2. The lowest BCUT2D eigenvalue weighted by Gasteiger charge is -2.35. The number of halogens is 5. The molecule has 1 unspecified atom stereocenters. The van der Waals surface area contributed by atoms with Crippen molar-refractivity contribution in [2.75, 3.05) is 32.7 Å². The first-order valence-corrected chi connectivity index (χ1v) is 7.79. The first-order chi connectivity index (χ1) is 10.9. The summed E-state index contributed by atoms with van der Waals surface area (Å²) in [5.41, 5.74) is 0.216. The molecule has 1 aromatic heterocycles. The van der Waals surface area contributed by atoms with Gasteiger partial charge >= 0.3 is 6.18 Å². The fourth-order valence-electron chi connectivity index (χ4n) is 2.75. The Hall–Kier alpha value is -1.03. The van der Waals surface area contributed by atoms with Crippen LogP contribution in [0.2, 0.25) is 0 Å². The second-order valence-corrected chi connectivity index (χ2v) is 6.01. The van der Waals surface area contributed by atoms with Crippen molar-refractivity contribution in [3.63, 3.8) is 0 Å². The van der Waals surface area contributed by atoms with Gasteiger partial charge in [-0.2, -0.15) is 13.2 Å². The van der Waals surface area contributed by atoms with E-state index in [9.17, 15) is 18.0 Å². The van der Waals surface area contributed by atoms with Crippen LogP contribution in [0.1, 0.15) is 35.1 Å². The van der Waals surface area contributed by atoms with Crippen molar-refractivity contribution in [1.82, 2.24) is 25.5 Å². The molecule has 2 heterocycles. The highest BCUT2D eigenvalue weighted by Crippen LogP contribution is 2.38. The predicted octanol–water partition coefficient (Wildman–Crippen LogP) is 1.70. The Labute approximate surface area is 156 Å². The number of hydrogen-bond donors (Lipinski definition) is 3. The molecule has 1 aromatic rings. The van der Waals surface area contributed by atoms with Crippen molar-refractivity contribution in [2.24, 2.45) is 0 Å². The highest BCUT2D eigenvalue weighted by Gasteiger charge is 2.43. The standard InChI is InChI=1S/C14H20F3N5O.2ClH/c15-14(16,17)11(22-5-3-18-4-6-22)8-20-13(23)10-7-19-12(21-10)9-1-2-9;;/h7,9,11,18H,1-6,8H2,(H,19,21)(H,20,23);2*1H. The molecule has 0 bridgehead atoms. The lowest BCUT2D eigenvalue weighted by Crippen LogP contribution is -2.57. The second kappa shape index (κ2) is 9.07. The molecule has 144 valence electrons. The number of carbonyl (C=O) groups is 1. The maximum absolute atomic E-state index is 13.2. The second-order valence-electron chi connectivity index (χ2n) is 6.01. The largest absolute Gasteiger partial charge is 0.405 e. The van der Waals surface area contributed by atoms with Crippen LogP contribution in [0.15, 0.2) is 6.20 Å². The number of nitrogens with zero attached hydrogens (tertiary/aromatic N) is 2. The Morgan fingerprint density at radius 3 is 2.52 bits per heavy atom. The molecule has 0 radical (unpaired) electrons. The first kappa shape index (κ1) is 22.0. The first-order valence-electron chi connectivity index (χ1n) is 7.79. The molecule has 25 heavy (non-hydrogen) atoms. The molecule has 6 nitrogen and oxygen atoms in total. The average Bonchev–Trinajstić information content (AvgIpc) is 3.24. The summed E-state index contributed by atoms with van der Waals surface area (Å²) in [4.78, 5) is 20.4. The number of carbonyl (C=O) groups excluding carboxylic acids is 1. The zero-order valence-electron chi connectivity index (χ0n) is 13.4. The van der Waals surface area contributed by atoms with Crippen LogP contribution >= 0.6 is 24.8 Å². The highest BCUT2D eigenvalue weighted by atomic mass is 35.5. The van der Waals surface area contributed by atoms with Gasteiger partial charge in [0.1, 0.15) is 17.6 Å². The molecule has 3 rings (SSSR count). The van der Waals surface area contributed by atoms with Crippen LogP contribution in [-0.2, 0) is 0 Å². The number of aromatic nitrogens is 2. The van der Waals surface area contributed by atoms with Crippen LogP contribution in [0.4, 0.5) is 13.2 Å². The van der Waals surface area contributed by atoms with E-state index in [4.69, 9.17) is 0 Å².